The molecule has 1 aromatic carbocycles. The second kappa shape index (κ2) is 6.73. The third-order valence-corrected chi connectivity index (χ3v) is 2.65. The van der Waals surface area contributed by atoms with E-state index in [9.17, 15) is 5.11 Å². The van der Waals surface area contributed by atoms with Gasteiger partial charge in [-0.05, 0) is 22.0 Å². The first-order chi connectivity index (χ1) is 7.64. The first-order valence-corrected chi connectivity index (χ1v) is 5.80. The van der Waals surface area contributed by atoms with Crippen molar-refractivity contribution in [1.29, 1.82) is 0 Å². The summed E-state index contributed by atoms with van der Waals surface area (Å²) in [4.78, 5) is 0. The zero-order valence-electron chi connectivity index (χ0n) is 12.3. The van der Waals surface area contributed by atoms with Crippen molar-refractivity contribution in [3.63, 3.8) is 0 Å². The van der Waals surface area contributed by atoms with E-state index in [1.54, 1.807) is 0 Å². The van der Waals surface area contributed by atoms with E-state index in [-0.39, 0.29) is 16.3 Å². The van der Waals surface area contributed by atoms with Gasteiger partial charge in [-0.15, -0.1) is 0 Å². The summed E-state index contributed by atoms with van der Waals surface area (Å²) in [6, 6.07) is 6.04. The lowest BCUT2D eigenvalue weighted by Crippen LogP contribution is -2.16. The maximum atomic E-state index is 10.3. The topological polar surface area (TPSA) is 104 Å². The quantitative estimate of drug-likeness (QED) is 0.488. The number of aromatic hydroxyl groups is 1. The molecular weight excluding hydrogens is 228 g/mol. The zero-order chi connectivity index (χ0) is 13.9. The van der Waals surface area contributed by atoms with Gasteiger partial charge >= 0.3 is 0 Å². The highest BCUT2D eigenvalue weighted by molar-refractivity contribution is 5.46. The highest BCUT2D eigenvalue weighted by Crippen LogP contribution is 2.38. The van der Waals surface area contributed by atoms with Gasteiger partial charge in [0.15, 0.2) is 0 Å². The molecule has 7 N–H and O–H groups in total. The smallest absolute Gasteiger partial charge is 0.123 e. The van der Waals surface area contributed by atoms with Crippen molar-refractivity contribution < 1.29 is 10.6 Å². The minimum absolute atomic E-state index is 0. The van der Waals surface area contributed by atoms with E-state index in [1.807, 2.05) is 18.2 Å². The molecule has 0 spiro atoms. The largest absolute Gasteiger partial charge is 0.507 e. The Hall–Kier alpha value is -1.10. The first kappa shape index (κ1) is 19.2. The Bertz CT molecular complexity index is 331. The lowest BCUT2D eigenvalue weighted by Gasteiger charge is -2.26. The number of hydrogen-bond acceptors (Lipinski definition) is 3. The molecule has 0 aliphatic carbocycles. The fourth-order valence-electron chi connectivity index (χ4n) is 1.75. The number of hydrogen-bond donors (Lipinski definition) is 3. The van der Waals surface area contributed by atoms with Crippen LogP contribution in [0.5, 0.6) is 5.75 Å². The molecule has 0 unspecified atom stereocenters. The lowest BCUT2D eigenvalue weighted by atomic mass is 9.80. The predicted octanol–water partition coefficient (Wildman–Crippen LogP) is 1.98. The van der Waals surface area contributed by atoms with Crippen LogP contribution in [0.15, 0.2) is 18.2 Å². The lowest BCUT2D eigenvalue weighted by molar-refractivity contribution is 0.423. The highest BCUT2D eigenvalue weighted by atomic mass is 16.3. The van der Waals surface area contributed by atoms with Crippen molar-refractivity contribution in [3.8, 4) is 5.75 Å². The summed E-state index contributed by atoms with van der Waals surface area (Å²) in [5.74, 6) is 8.46. The predicted molar refractivity (Wildman–Crippen MR) is 77.5 cm³/mol. The Balaban J connectivity index is 0. The molecule has 0 atom stereocenters. The molecule has 0 fully saturated rings. The fourth-order valence-corrected chi connectivity index (χ4v) is 1.75. The van der Waals surface area contributed by atoms with Gasteiger partial charge in [-0.3, -0.25) is 11.7 Å². The number of nitrogens with two attached hydrogens (primary N) is 2. The number of rotatable bonds is 0. The van der Waals surface area contributed by atoms with Crippen molar-refractivity contribution in [2.24, 2.45) is 11.7 Å². The molecule has 0 saturated heterocycles. The second-order valence-corrected chi connectivity index (χ2v) is 6.20. The Morgan fingerprint density at radius 1 is 0.833 bits per heavy atom. The Labute approximate surface area is 110 Å². The van der Waals surface area contributed by atoms with Gasteiger partial charge < -0.3 is 10.6 Å². The van der Waals surface area contributed by atoms with Gasteiger partial charge in [-0.1, -0.05) is 59.7 Å². The second-order valence-electron chi connectivity index (χ2n) is 6.20. The summed E-state index contributed by atoms with van der Waals surface area (Å²) >= 11 is 0. The van der Waals surface area contributed by atoms with Crippen molar-refractivity contribution in [2.75, 3.05) is 0 Å². The maximum Gasteiger partial charge on any atom is 0.123 e. The average molecular weight is 256 g/mol. The van der Waals surface area contributed by atoms with E-state index in [0.717, 1.165) is 11.1 Å². The normalized spacial score (nSPS) is 11.1. The SMILES string of the molecule is CC(C)(C)c1cccc(C(C)(C)C)c1O.NN.O. The van der Waals surface area contributed by atoms with Crippen LogP contribution in [0, 0.1) is 0 Å². The summed E-state index contributed by atoms with van der Waals surface area (Å²) in [5, 5.41) is 10.3. The van der Waals surface area contributed by atoms with E-state index in [0.29, 0.717) is 5.75 Å². The van der Waals surface area contributed by atoms with Crippen molar-refractivity contribution in [3.05, 3.63) is 29.3 Å². The Morgan fingerprint density at radius 2 is 1.11 bits per heavy atom. The molecule has 4 nitrogen and oxygen atoms in total. The molecule has 0 amide bonds. The van der Waals surface area contributed by atoms with Gasteiger partial charge in [-0.25, -0.2) is 0 Å². The number of para-hydroxylation sites is 1. The number of hydrazine groups is 1. The van der Waals surface area contributed by atoms with Crippen LogP contribution in [0.4, 0.5) is 0 Å². The molecule has 0 radical (unpaired) electrons. The van der Waals surface area contributed by atoms with Gasteiger partial charge in [0.25, 0.3) is 0 Å². The van der Waals surface area contributed by atoms with E-state index in [2.05, 4.69) is 53.2 Å². The van der Waals surface area contributed by atoms with Gasteiger partial charge in [-0.2, -0.15) is 0 Å². The van der Waals surface area contributed by atoms with Crippen LogP contribution < -0.4 is 11.7 Å². The van der Waals surface area contributed by atoms with Crippen LogP contribution in [0.3, 0.4) is 0 Å². The van der Waals surface area contributed by atoms with Crippen LogP contribution in [-0.4, -0.2) is 10.6 Å². The monoisotopic (exact) mass is 256 g/mol. The molecule has 0 aromatic heterocycles. The first-order valence-electron chi connectivity index (χ1n) is 5.80. The summed E-state index contributed by atoms with van der Waals surface area (Å²) < 4.78 is 0. The van der Waals surface area contributed by atoms with Gasteiger partial charge in [0.05, 0.1) is 0 Å². The van der Waals surface area contributed by atoms with Crippen LogP contribution in [-0.2, 0) is 10.8 Å². The van der Waals surface area contributed by atoms with Gasteiger partial charge in [0.1, 0.15) is 5.75 Å². The van der Waals surface area contributed by atoms with Crippen molar-refractivity contribution >= 4 is 0 Å². The summed E-state index contributed by atoms with van der Waals surface area (Å²) in [7, 11) is 0. The number of benzene rings is 1. The minimum atomic E-state index is -0.00859. The standard InChI is InChI=1S/C14H22O.H4N2.H2O/c1-13(2,3)10-8-7-9-11(12(10)15)14(4,5)6;1-2;/h7-9,15H,1-6H3;1-2H2;1H2. The van der Waals surface area contributed by atoms with Crippen LogP contribution in [0.25, 0.3) is 0 Å². The molecule has 0 saturated carbocycles. The molecule has 18 heavy (non-hydrogen) atoms. The zero-order valence-corrected chi connectivity index (χ0v) is 12.3. The molecule has 0 aliphatic heterocycles. The minimum Gasteiger partial charge on any atom is -0.507 e. The Morgan fingerprint density at radius 3 is 1.33 bits per heavy atom. The molecule has 1 aromatic rings. The third kappa shape index (κ3) is 4.64. The van der Waals surface area contributed by atoms with E-state index < -0.39 is 0 Å². The summed E-state index contributed by atoms with van der Waals surface area (Å²) in [6.07, 6.45) is 0. The fraction of sp³-hybridized carbons (Fsp3) is 0.571. The molecule has 4 heteroatoms. The van der Waals surface area contributed by atoms with Crippen molar-refractivity contribution in [2.45, 2.75) is 52.4 Å². The van der Waals surface area contributed by atoms with Crippen molar-refractivity contribution in [1.82, 2.24) is 0 Å². The third-order valence-electron chi connectivity index (χ3n) is 2.65. The number of phenolic OH excluding ortho intramolecular Hbond substituents is 1. The maximum absolute atomic E-state index is 10.3. The molecular formula is C14H28N2O2. The number of phenols is 1. The van der Waals surface area contributed by atoms with Crippen LogP contribution >= 0.6 is 0 Å². The average Bonchev–Trinajstić information content (AvgIpc) is 2.17. The molecule has 0 bridgehead atoms. The molecule has 0 aliphatic rings. The summed E-state index contributed by atoms with van der Waals surface area (Å²) in [6.45, 7) is 12.7. The Kier molecular flexibility index (Phi) is 7.20. The molecule has 106 valence electrons. The van der Waals surface area contributed by atoms with Gasteiger partial charge in [0.2, 0.25) is 0 Å². The van der Waals surface area contributed by atoms with Crippen LogP contribution in [0.1, 0.15) is 52.7 Å². The van der Waals surface area contributed by atoms with E-state index in [1.165, 1.54) is 0 Å². The highest BCUT2D eigenvalue weighted by Gasteiger charge is 2.24. The van der Waals surface area contributed by atoms with E-state index in [4.69, 9.17) is 0 Å². The molecule has 1 rings (SSSR count). The summed E-state index contributed by atoms with van der Waals surface area (Å²) in [5.41, 5.74) is 2.03. The molecule has 0 heterocycles. The van der Waals surface area contributed by atoms with Gasteiger partial charge in [0, 0.05) is 0 Å². The van der Waals surface area contributed by atoms with E-state index >= 15 is 0 Å². The van der Waals surface area contributed by atoms with Crippen LogP contribution in [0.2, 0.25) is 0 Å².